The van der Waals surface area contributed by atoms with E-state index in [-0.39, 0.29) is 30.1 Å². The van der Waals surface area contributed by atoms with Crippen molar-refractivity contribution >= 4 is 29.4 Å². The molecule has 3 aromatic rings. The molecular weight excluding hydrogens is 529 g/mol. The third-order valence-electron chi connectivity index (χ3n) is 5.30. The van der Waals surface area contributed by atoms with E-state index in [1.54, 1.807) is 0 Å². The Kier molecular flexibility index (Phi) is 10.8. The largest absolute Gasteiger partial charge is 0.494 e. The summed E-state index contributed by atoms with van der Waals surface area (Å²) in [5.41, 5.74) is 12.3. The molecule has 0 radical (unpaired) electrons. The predicted molar refractivity (Wildman–Crippen MR) is 144 cm³/mol. The van der Waals surface area contributed by atoms with Gasteiger partial charge in [0.2, 0.25) is 0 Å². The Morgan fingerprint density at radius 2 is 1.43 bits per heavy atom. The molecule has 8 nitrogen and oxygen atoms in total. The lowest BCUT2D eigenvalue weighted by atomic mass is 10.2. The molecule has 0 saturated carbocycles. The summed E-state index contributed by atoms with van der Waals surface area (Å²) in [6.45, 7) is -0.491. The molecule has 0 unspecified atom stereocenters. The van der Waals surface area contributed by atoms with Crippen LogP contribution in [0.25, 0.3) is 6.08 Å². The van der Waals surface area contributed by atoms with Gasteiger partial charge in [-0.3, -0.25) is 4.39 Å². The minimum Gasteiger partial charge on any atom is -0.494 e. The first-order valence-corrected chi connectivity index (χ1v) is 12.3. The number of benzene rings is 3. The Labute approximate surface area is 229 Å². The number of unbranched alkanes of at least 4 members (excludes halogenated alkanes) is 1. The average molecular weight is 559 g/mol. The standard InChI is InChI=1S/C29H29F3N2O6/c30-13-1-2-14-37-25-10-6-22(7-11-25)29(31,32)40-26-8-3-20(4-9-26)5-12-27(35)38-15-16-39-28(36)21-17-23(33)19-24(34)18-21/h3-12,17-19H,1-2,13-16,33-34H2. The van der Waals surface area contributed by atoms with Crippen LogP contribution in [0.4, 0.5) is 24.5 Å². The zero-order chi connectivity index (χ0) is 29.0. The van der Waals surface area contributed by atoms with E-state index in [0.717, 1.165) is 6.08 Å². The highest BCUT2D eigenvalue weighted by molar-refractivity contribution is 5.91. The summed E-state index contributed by atoms with van der Waals surface area (Å²) >= 11 is 0. The van der Waals surface area contributed by atoms with E-state index in [1.165, 1.54) is 72.8 Å². The molecule has 0 aliphatic carbocycles. The fourth-order valence-electron chi connectivity index (χ4n) is 3.35. The monoisotopic (exact) mass is 558 g/mol. The number of hydrogen-bond donors (Lipinski definition) is 2. The minimum absolute atomic E-state index is 0.0833. The van der Waals surface area contributed by atoms with E-state index in [0.29, 0.717) is 42.1 Å². The van der Waals surface area contributed by atoms with Crippen LogP contribution in [-0.2, 0) is 20.4 Å². The number of esters is 2. The zero-order valence-corrected chi connectivity index (χ0v) is 21.5. The summed E-state index contributed by atoms with van der Waals surface area (Å²) in [4.78, 5) is 23.9. The fraction of sp³-hybridized carbons (Fsp3) is 0.241. The summed E-state index contributed by atoms with van der Waals surface area (Å²) in [6.07, 6.45) is -0.116. The van der Waals surface area contributed by atoms with Crippen LogP contribution in [0, 0.1) is 0 Å². The molecule has 0 bridgehead atoms. The Morgan fingerprint density at radius 1 is 0.800 bits per heavy atom. The second-order valence-corrected chi connectivity index (χ2v) is 8.48. The van der Waals surface area contributed by atoms with Crippen molar-refractivity contribution in [2.24, 2.45) is 0 Å². The van der Waals surface area contributed by atoms with Gasteiger partial charge in [0, 0.05) is 17.5 Å². The lowest BCUT2D eigenvalue weighted by molar-refractivity contribution is -0.185. The van der Waals surface area contributed by atoms with Gasteiger partial charge in [-0.2, -0.15) is 8.78 Å². The SMILES string of the molecule is Nc1cc(N)cc(C(=O)OCCOC(=O)C=Cc2ccc(OC(F)(F)c3ccc(OCCCCF)cc3)cc2)c1. The van der Waals surface area contributed by atoms with Gasteiger partial charge in [-0.25, -0.2) is 9.59 Å². The number of hydrogen-bond acceptors (Lipinski definition) is 8. The molecule has 0 aromatic heterocycles. The minimum atomic E-state index is -3.60. The second-order valence-electron chi connectivity index (χ2n) is 8.48. The van der Waals surface area contributed by atoms with Gasteiger partial charge in [0.25, 0.3) is 0 Å². The fourth-order valence-corrected chi connectivity index (χ4v) is 3.35. The second kappa shape index (κ2) is 14.5. The van der Waals surface area contributed by atoms with Gasteiger partial charge < -0.3 is 30.4 Å². The highest BCUT2D eigenvalue weighted by Crippen LogP contribution is 2.32. The third-order valence-corrected chi connectivity index (χ3v) is 5.30. The number of alkyl halides is 3. The average Bonchev–Trinajstić information content (AvgIpc) is 2.92. The maximum atomic E-state index is 14.6. The van der Waals surface area contributed by atoms with Gasteiger partial charge in [-0.1, -0.05) is 12.1 Å². The summed E-state index contributed by atoms with van der Waals surface area (Å²) in [7, 11) is 0. The zero-order valence-electron chi connectivity index (χ0n) is 21.5. The number of ether oxygens (including phenoxy) is 4. The van der Waals surface area contributed by atoms with E-state index < -0.39 is 24.7 Å². The van der Waals surface area contributed by atoms with Crippen LogP contribution in [0.5, 0.6) is 11.5 Å². The van der Waals surface area contributed by atoms with Gasteiger partial charge >= 0.3 is 18.0 Å². The van der Waals surface area contributed by atoms with E-state index in [2.05, 4.69) is 0 Å². The molecule has 11 heteroatoms. The smallest absolute Gasteiger partial charge is 0.426 e. The Bertz CT molecular complexity index is 1280. The normalized spacial score (nSPS) is 11.3. The van der Waals surface area contributed by atoms with Crippen LogP contribution in [0.3, 0.4) is 0 Å². The highest BCUT2D eigenvalue weighted by Gasteiger charge is 2.34. The first-order valence-electron chi connectivity index (χ1n) is 12.3. The highest BCUT2D eigenvalue weighted by atomic mass is 19.3. The summed E-state index contributed by atoms with van der Waals surface area (Å²) in [5.74, 6) is -1.03. The number of nitrogens with two attached hydrogens (primary N) is 2. The van der Waals surface area contributed by atoms with E-state index in [4.69, 9.17) is 30.4 Å². The van der Waals surface area contributed by atoms with Gasteiger partial charge in [-0.05, 0) is 79.1 Å². The molecule has 0 amide bonds. The maximum Gasteiger partial charge on any atom is 0.426 e. The summed E-state index contributed by atoms with van der Waals surface area (Å²) in [5, 5.41) is 0. The Balaban J connectivity index is 1.42. The topological polar surface area (TPSA) is 123 Å². The van der Waals surface area contributed by atoms with Crippen molar-refractivity contribution in [2.45, 2.75) is 19.0 Å². The number of rotatable bonds is 14. The molecule has 40 heavy (non-hydrogen) atoms. The van der Waals surface area contributed by atoms with Crippen LogP contribution in [0.1, 0.15) is 34.3 Å². The first kappa shape index (κ1) is 29.9. The lowest BCUT2D eigenvalue weighted by Crippen LogP contribution is -2.21. The molecule has 0 saturated heterocycles. The van der Waals surface area contributed by atoms with Gasteiger partial charge in [0.05, 0.1) is 24.4 Å². The Hall–Kier alpha value is -4.67. The Morgan fingerprint density at radius 3 is 2.08 bits per heavy atom. The number of nitrogen functional groups attached to an aromatic ring is 2. The number of carbonyl (C=O) groups is 2. The van der Waals surface area contributed by atoms with E-state index >= 15 is 0 Å². The van der Waals surface area contributed by atoms with Crippen molar-refractivity contribution < 1.29 is 41.7 Å². The molecular formula is C29H29F3N2O6. The van der Waals surface area contributed by atoms with Crippen molar-refractivity contribution in [3.63, 3.8) is 0 Å². The van der Waals surface area contributed by atoms with Crippen molar-refractivity contribution in [3.05, 3.63) is 89.5 Å². The number of anilines is 2. The molecule has 0 atom stereocenters. The molecule has 0 fully saturated rings. The van der Waals surface area contributed by atoms with Gasteiger partial charge in [0.15, 0.2) is 0 Å². The molecule has 0 heterocycles. The van der Waals surface area contributed by atoms with Crippen molar-refractivity contribution in [1.82, 2.24) is 0 Å². The van der Waals surface area contributed by atoms with Gasteiger partial charge in [0.1, 0.15) is 24.7 Å². The molecule has 0 aliphatic rings. The van der Waals surface area contributed by atoms with Crippen LogP contribution in [-0.4, -0.2) is 38.4 Å². The molecule has 4 N–H and O–H groups in total. The summed E-state index contributed by atoms with van der Waals surface area (Å²) in [6, 6.07) is 15.2. The molecule has 3 rings (SSSR count). The molecule has 212 valence electrons. The van der Waals surface area contributed by atoms with Crippen LogP contribution < -0.4 is 20.9 Å². The van der Waals surface area contributed by atoms with Crippen LogP contribution in [0.15, 0.2) is 72.8 Å². The maximum absolute atomic E-state index is 14.6. The van der Waals surface area contributed by atoms with Crippen LogP contribution >= 0.6 is 0 Å². The van der Waals surface area contributed by atoms with E-state index in [1.807, 2.05) is 0 Å². The quantitative estimate of drug-likeness (QED) is 0.115. The predicted octanol–water partition coefficient (Wildman–Crippen LogP) is 5.52. The van der Waals surface area contributed by atoms with Crippen molar-refractivity contribution in [1.29, 1.82) is 0 Å². The van der Waals surface area contributed by atoms with Gasteiger partial charge in [-0.15, -0.1) is 0 Å². The molecule has 3 aromatic carbocycles. The van der Waals surface area contributed by atoms with Crippen molar-refractivity contribution in [2.75, 3.05) is 38.0 Å². The third kappa shape index (κ3) is 9.57. The molecule has 0 aliphatic heterocycles. The summed E-state index contributed by atoms with van der Waals surface area (Å²) < 4.78 is 61.5. The van der Waals surface area contributed by atoms with E-state index in [9.17, 15) is 22.8 Å². The lowest BCUT2D eigenvalue weighted by Gasteiger charge is -2.18. The van der Waals surface area contributed by atoms with Crippen molar-refractivity contribution in [3.8, 4) is 11.5 Å². The number of carbonyl (C=O) groups excluding carboxylic acids is 2. The number of halogens is 3. The molecule has 0 spiro atoms. The first-order chi connectivity index (χ1) is 19.2. The van der Waals surface area contributed by atoms with Crippen LogP contribution in [0.2, 0.25) is 0 Å².